The zero-order chi connectivity index (χ0) is 16.9. The van der Waals surface area contributed by atoms with Gasteiger partial charge in [-0.2, -0.15) is 0 Å². The van der Waals surface area contributed by atoms with Crippen LogP contribution in [0.5, 0.6) is 5.75 Å². The van der Waals surface area contributed by atoms with Crippen molar-refractivity contribution in [1.29, 1.82) is 0 Å². The van der Waals surface area contributed by atoms with Crippen LogP contribution in [0.1, 0.15) is 43.2 Å². The van der Waals surface area contributed by atoms with E-state index in [1.807, 2.05) is 6.07 Å². The minimum absolute atomic E-state index is 0.144. The number of rotatable bonds is 6. The Kier molecular flexibility index (Phi) is 6.14. The lowest BCUT2D eigenvalue weighted by atomic mass is 9.91. The second kappa shape index (κ2) is 8.32. The minimum Gasteiger partial charge on any atom is -0.496 e. The molecule has 1 saturated carbocycles. The van der Waals surface area contributed by atoms with E-state index in [0.717, 1.165) is 44.7 Å². The molecule has 0 radical (unpaired) electrons. The van der Waals surface area contributed by atoms with Crippen molar-refractivity contribution < 1.29 is 14.6 Å². The van der Waals surface area contributed by atoms with Crippen LogP contribution in [-0.2, 0) is 11.2 Å². The molecule has 0 bridgehead atoms. The van der Waals surface area contributed by atoms with Crippen molar-refractivity contribution in [3.05, 3.63) is 29.3 Å². The van der Waals surface area contributed by atoms with E-state index in [4.69, 9.17) is 9.47 Å². The molecule has 1 aromatic rings. The quantitative estimate of drug-likeness (QED) is 0.869. The van der Waals surface area contributed by atoms with Gasteiger partial charge in [0.1, 0.15) is 5.75 Å². The fourth-order valence-electron chi connectivity index (χ4n) is 4.18. The van der Waals surface area contributed by atoms with Gasteiger partial charge in [-0.15, -0.1) is 0 Å². The summed E-state index contributed by atoms with van der Waals surface area (Å²) in [5, 5.41) is 9.82. The summed E-state index contributed by atoms with van der Waals surface area (Å²) in [6, 6.07) is 6.86. The highest BCUT2D eigenvalue weighted by molar-refractivity contribution is 5.36. The Morgan fingerprint density at radius 2 is 2.04 bits per heavy atom. The number of aliphatic hydroxyl groups is 1. The molecule has 1 aromatic carbocycles. The molecule has 3 atom stereocenters. The molecule has 3 rings (SSSR count). The molecule has 1 heterocycles. The minimum atomic E-state index is -0.144. The van der Waals surface area contributed by atoms with Gasteiger partial charge in [-0.3, -0.25) is 4.90 Å². The number of aryl methyl sites for hydroxylation is 1. The maximum Gasteiger partial charge on any atom is 0.121 e. The number of aliphatic hydroxyl groups excluding tert-OH is 1. The van der Waals surface area contributed by atoms with Crippen LogP contribution in [0.25, 0.3) is 0 Å². The maximum atomic E-state index is 9.82. The van der Waals surface area contributed by atoms with Gasteiger partial charge in [-0.1, -0.05) is 25.0 Å². The molecule has 2 fully saturated rings. The summed E-state index contributed by atoms with van der Waals surface area (Å²) in [6.45, 7) is 4.69. The number of hydrogen-bond donors (Lipinski definition) is 1. The Morgan fingerprint density at radius 3 is 2.75 bits per heavy atom. The van der Waals surface area contributed by atoms with Gasteiger partial charge >= 0.3 is 0 Å². The number of likely N-dealkylation sites (tertiary alicyclic amines) is 1. The van der Waals surface area contributed by atoms with Crippen LogP contribution in [0.2, 0.25) is 0 Å². The van der Waals surface area contributed by atoms with Crippen LogP contribution in [0, 0.1) is 6.92 Å². The second-order valence-electron chi connectivity index (χ2n) is 7.25. The molecule has 4 nitrogen and oxygen atoms in total. The maximum absolute atomic E-state index is 9.82. The van der Waals surface area contributed by atoms with E-state index >= 15 is 0 Å². The first-order valence-electron chi connectivity index (χ1n) is 9.34. The SMILES string of the molecule is COc1ccc(CCO[C@@H]2CCCC[C@@H]2N2CC[C@@H](O)C2)cc1C. The molecule has 1 aliphatic heterocycles. The largest absolute Gasteiger partial charge is 0.496 e. The molecule has 0 amide bonds. The molecule has 134 valence electrons. The third-order valence-corrected chi connectivity index (χ3v) is 5.51. The van der Waals surface area contributed by atoms with Crippen LogP contribution in [0.4, 0.5) is 0 Å². The van der Waals surface area contributed by atoms with Crippen molar-refractivity contribution in [3.63, 3.8) is 0 Å². The summed E-state index contributed by atoms with van der Waals surface area (Å²) in [4.78, 5) is 2.45. The molecule has 4 heteroatoms. The number of ether oxygens (including phenoxy) is 2. The highest BCUT2D eigenvalue weighted by Gasteiger charge is 2.34. The van der Waals surface area contributed by atoms with Gasteiger partial charge in [-0.25, -0.2) is 0 Å². The van der Waals surface area contributed by atoms with Crippen molar-refractivity contribution in [2.45, 2.75) is 63.7 Å². The predicted molar refractivity (Wildman–Crippen MR) is 95.6 cm³/mol. The average Bonchev–Trinajstić information content (AvgIpc) is 3.02. The van der Waals surface area contributed by atoms with Crippen LogP contribution in [0.15, 0.2) is 18.2 Å². The van der Waals surface area contributed by atoms with Crippen molar-refractivity contribution in [3.8, 4) is 5.75 Å². The Balaban J connectivity index is 1.51. The lowest BCUT2D eigenvalue weighted by Gasteiger charge is -2.37. The standard InChI is InChI=1S/C20H31NO3/c1-15-13-16(7-8-19(15)23-2)10-12-24-20-6-4-3-5-18(20)21-11-9-17(22)14-21/h7-8,13,17-18,20,22H,3-6,9-12,14H2,1-2H3/t17-,18+,20-/m1/s1. The number of methoxy groups -OCH3 is 1. The number of β-amino-alcohol motifs (C(OH)–C–C–N with tert-alkyl or cyclic N) is 1. The predicted octanol–water partition coefficient (Wildman–Crippen LogP) is 2.94. The van der Waals surface area contributed by atoms with Gasteiger partial charge in [0.2, 0.25) is 0 Å². The van der Waals surface area contributed by atoms with E-state index in [2.05, 4.69) is 24.0 Å². The molecule has 2 aliphatic rings. The van der Waals surface area contributed by atoms with Crippen LogP contribution in [0.3, 0.4) is 0 Å². The first-order chi connectivity index (χ1) is 11.7. The van der Waals surface area contributed by atoms with Crippen molar-refractivity contribution in [1.82, 2.24) is 4.90 Å². The summed E-state index contributed by atoms with van der Waals surface area (Å²) >= 11 is 0. The van der Waals surface area contributed by atoms with Crippen molar-refractivity contribution >= 4 is 0 Å². The summed E-state index contributed by atoms with van der Waals surface area (Å²) in [6.07, 6.45) is 6.94. The van der Waals surface area contributed by atoms with Gasteiger partial charge in [0.15, 0.2) is 0 Å². The van der Waals surface area contributed by atoms with Gasteiger partial charge in [-0.05, 0) is 49.8 Å². The molecule has 1 aliphatic carbocycles. The normalized spacial score (nSPS) is 28.2. The highest BCUT2D eigenvalue weighted by Crippen LogP contribution is 2.28. The van der Waals surface area contributed by atoms with Crippen molar-refractivity contribution in [2.75, 3.05) is 26.8 Å². The van der Waals surface area contributed by atoms with Gasteiger partial charge < -0.3 is 14.6 Å². The fraction of sp³-hybridized carbons (Fsp3) is 0.700. The second-order valence-corrected chi connectivity index (χ2v) is 7.25. The average molecular weight is 333 g/mol. The smallest absolute Gasteiger partial charge is 0.121 e. The Morgan fingerprint density at radius 1 is 1.21 bits per heavy atom. The van der Waals surface area contributed by atoms with Crippen LogP contribution >= 0.6 is 0 Å². The molecule has 0 unspecified atom stereocenters. The zero-order valence-electron chi connectivity index (χ0n) is 15.0. The third-order valence-electron chi connectivity index (χ3n) is 5.51. The first-order valence-corrected chi connectivity index (χ1v) is 9.34. The highest BCUT2D eigenvalue weighted by atomic mass is 16.5. The Labute approximate surface area is 145 Å². The zero-order valence-corrected chi connectivity index (χ0v) is 15.0. The van der Waals surface area contributed by atoms with E-state index in [1.54, 1.807) is 7.11 Å². The van der Waals surface area contributed by atoms with Gasteiger partial charge in [0, 0.05) is 19.1 Å². The molecule has 1 saturated heterocycles. The third kappa shape index (κ3) is 4.29. The molecular formula is C20H31NO3. The molecule has 0 spiro atoms. The summed E-state index contributed by atoms with van der Waals surface area (Å²) in [5.74, 6) is 0.944. The monoisotopic (exact) mass is 333 g/mol. The number of hydrogen-bond acceptors (Lipinski definition) is 4. The lowest BCUT2D eigenvalue weighted by molar-refractivity contribution is -0.0316. The molecule has 0 aromatic heterocycles. The van der Waals surface area contributed by atoms with Crippen LogP contribution in [-0.4, -0.2) is 55.1 Å². The van der Waals surface area contributed by atoms with E-state index in [0.29, 0.717) is 12.1 Å². The van der Waals surface area contributed by atoms with Gasteiger partial charge in [0.25, 0.3) is 0 Å². The van der Waals surface area contributed by atoms with E-state index in [9.17, 15) is 5.11 Å². The Hall–Kier alpha value is -1.10. The molecule has 1 N–H and O–H groups in total. The molecular weight excluding hydrogens is 302 g/mol. The summed E-state index contributed by atoms with van der Waals surface area (Å²) < 4.78 is 11.6. The van der Waals surface area contributed by atoms with Crippen molar-refractivity contribution in [2.24, 2.45) is 0 Å². The molecule has 24 heavy (non-hydrogen) atoms. The Bertz CT molecular complexity index is 534. The van der Waals surface area contributed by atoms with Gasteiger partial charge in [0.05, 0.1) is 25.9 Å². The summed E-state index contributed by atoms with van der Waals surface area (Å²) in [5.41, 5.74) is 2.48. The lowest BCUT2D eigenvalue weighted by Crippen LogP contribution is -2.46. The number of benzene rings is 1. The summed E-state index contributed by atoms with van der Waals surface area (Å²) in [7, 11) is 1.71. The van der Waals surface area contributed by atoms with E-state index < -0.39 is 0 Å². The topological polar surface area (TPSA) is 41.9 Å². The van der Waals surface area contributed by atoms with E-state index in [1.165, 1.54) is 30.4 Å². The fourth-order valence-corrected chi connectivity index (χ4v) is 4.18. The van der Waals surface area contributed by atoms with Crippen LogP contribution < -0.4 is 4.74 Å². The van der Waals surface area contributed by atoms with E-state index in [-0.39, 0.29) is 6.10 Å². The number of nitrogens with zero attached hydrogens (tertiary/aromatic N) is 1. The first kappa shape index (κ1) is 17.7.